The van der Waals surface area contributed by atoms with Crippen LogP contribution in [0.25, 0.3) is 6.08 Å². The second-order valence-corrected chi connectivity index (χ2v) is 7.46. The van der Waals surface area contributed by atoms with Crippen molar-refractivity contribution < 1.29 is 9.90 Å². The van der Waals surface area contributed by atoms with Crippen molar-refractivity contribution in [1.82, 2.24) is 9.97 Å². The minimum atomic E-state index is -0.741. The molecule has 3 unspecified atom stereocenters. The zero-order valence-electron chi connectivity index (χ0n) is 15.9. The van der Waals surface area contributed by atoms with E-state index in [1.165, 1.54) is 0 Å². The van der Waals surface area contributed by atoms with E-state index in [-0.39, 0.29) is 17.7 Å². The molecule has 0 saturated heterocycles. The summed E-state index contributed by atoms with van der Waals surface area (Å²) in [5.74, 6) is -0.360. The second-order valence-electron chi connectivity index (χ2n) is 7.46. The zero-order chi connectivity index (χ0) is 19.8. The van der Waals surface area contributed by atoms with Gasteiger partial charge in [-0.25, -0.2) is 0 Å². The molecular weight excluding hydrogens is 352 g/mol. The first-order chi connectivity index (χ1) is 13.5. The third-order valence-corrected chi connectivity index (χ3v) is 5.52. The second kappa shape index (κ2) is 7.20. The Bertz CT molecular complexity index is 969. The van der Waals surface area contributed by atoms with Crippen molar-refractivity contribution in [2.75, 3.05) is 4.90 Å². The highest BCUT2D eigenvalue weighted by Gasteiger charge is 2.47. The highest BCUT2D eigenvalue weighted by Crippen LogP contribution is 2.49. The third kappa shape index (κ3) is 3.20. The smallest absolute Gasteiger partial charge is 0.221 e. The van der Waals surface area contributed by atoms with E-state index in [9.17, 15) is 9.90 Å². The van der Waals surface area contributed by atoms with E-state index in [2.05, 4.69) is 21.4 Å². The summed E-state index contributed by atoms with van der Waals surface area (Å²) in [5.41, 5.74) is 11.1. The van der Waals surface area contributed by atoms with E-state index in [1.54, 1.807) is 18.5 Å². The average Bonchev–Trinajstić information content (AvgIpc) is 3.48. The number of pyridine rings is 2. The number of rotatable bonds is 6. The summed E-state index contributed by atoms with van der Waals surface area (Å²) in [6.07, 6.45) is 7.64. The molecule has 0 radical (unpaired) electrons. The largest absolute Gasteiger partial charge is 0.386 e. The Morgan fingerprint density at radius 3 is 2.96 bits per heavy atom. The van der Waals surface area contributed by atoms with Gasteiger partial charge in [0.15, 0.2) is 0 Å². The van der Waals surface area contributed by atoms with Crippen LogP contribution in [0.2, 0.25) is 0 Å². The predicted octanol–water partition coefficient (Wildman–Crippen LogP) is 2.88. The van der Waals surface area contributed by atoms with Gasteiger partial charge in [-0.3, -0.25) is 14.8 Å². The van der Waals surface area contributed by atoms with E-state index in [4.69, 9.17) is 5.73 Å². The standard InChI is InChI=1S/C22H24N4O2/c1-3-5-19(27)20-21(13(2)7-9-25-20)26-12-14-6-4-8-24-17(14)11-18(26)15-10-16(15)22(23)28/h3-4,6-9,11,15-16,19,27H,1,5,10,12H2,2H3,(H2,23,28). The molecule has 0 spiro atoms. The van der Waals surface area contributed by atoms with E-state index < -0.39 is 6.10 Å². The molecule has 3 N–H and O–H groups in total. The lowest BCUT2D eigenvalue weighted by atomic mass is 9.99. The van der Waals surface area contributed by atoms with Gasteiger partial charge in [0.25, 0.3) is 0 Å². The van der Waals surface area contributed by atoms with Gasteiger partial charge in [0.05, 0.1) is 23.6 Å². The van der Waals surface area contributed by atoms with E-state index in [1.807, 2.05) is 31.2 Å². The van der Waals surface area contributed by atoms with Gasteiger partial charge in [-0.1, -0.05) is 12.1 Å². The number of aryl methyl sites for hydroxylation is 1. The minimum absolute atomic E-state index is 0.0664. The highest BCUT2D eigenvalue weighted by atomic mass is 16.3. The van der Waals surface area contributed by atoms with Crippen LogP contribution in [0.15, 0.2) is 48.9 Å². The number of aliphatic hydroxyl groups excluding tert-OH is 1. The van der Waals surface area contributed by atoms with Gasteiger partial charge in [0.1, 0.15) is 6.10 Å². The van der Waals surface area contributed by atoms with Crippen molar-refractivity contribution in [3.8, 4) is 0 Å². The van der Waals surface area contributed by atoms with Crippen LogP contribution in [-0.2, 0) is 11.3 Å². The Hall–Kier alpha value is -2.99. The maximum atomic E-state index is 11.7. The van der Waals surface area contributed by atoms with Crippen molar-refractivity contribution in [2.24, 2.45) is 17.6 Å². The number of hydrogen-bond donors (Lipinski definition) is 2. The van der Waals surface area contributed by atoms with Crippen molar-refractivity contribution in [1.29, 1.82) is 0 Å². The topological polar surface area (TPSA) is 92.3 Å². The molecule has 1 fully saturated rings. The van der Waals surface area contributed by atoms with Gasteiger partial charge < -0.3 is 15.7 Å². The molecule has 6 nitrogen and oxygen atoms in total. The lowest BCUT2D eigenvalue weighted by Gasteiger charge is -2.34. The van der Waals surface area contributed by atoms with Crippen LogP contribution >= 0.6 is 0 Å². The molecule has 144 valence electrons. The van der Waals surface area contributed by atoms with Gasteiger partial charge in [0, 0.05) is 29.9 Å². The van der Waals surface area contributed by atoms with Gasteiger partial charge in [-0.15, -0.1) is 6.58 Å². The van der Waals surface area contributed by atoms with E-state index >= 15 is 0 Å². The number of carbonyl (C=O) groups is 1. The SMILES string of the molecule is C=CCC(O)c1nccc(C)c1N1Cc2cccnc2C=C1C1CC1C(N)=O. The molecule has 3 heterocycles. The first-order valence-electron chi connectivity index (χ1n) is 9.48. The van der Waals surface area contributed by atoms with Crippen molar-refractivity contribution in [3.05, 3.63) is 71.5 Å². The zero-order valence-corrected chi connectivity index (χ0v) is 15.9. The van der Waals surface area contributed by atoms with Crippen LogP contribution in [0, 0.1) is 18.8 Å². The molecule has 4 rings (SSSR count). The van der Waals surface area contributed by atoms with Crippen molar-refractivity contribution >= 4 is 17.7 Å². The van der Waals surface area contributed by atoms with Crippen LogP contribution < -0.4 is 10.6 Å². The monoisotopic (exact) mass is 376 g/mol. The van der Waals surface area contributed by atoms with Crippen molar-refractivity contribution in [2.45, 2.75) is 32.4 Å². The van der Waals surface area contributed by atoms with Gasteiger partial charge in [-0.05, 0) is 49.1 Å². The molecule has 0 bridgehead atoms. The lowest BCUT2D eigenvalue weighted by Crippen LogP contribution is -2.30. The molecule has 3 atom stereocenters. The first kappa shape index (κ1) is 18.4. The lowest BCUT2D eigenvalue weighted by molar-refractivity contribution is -0.119. The van der Waals surface area contributed by atoms with Crippen LogP contribution in [-0.4, -0.2) is 21.0 Å². The Kier molecular flexibility index (Phi) is 4.73. The predicted molar refractivity (Wildman–Crippen MR) is 108 cm³/mol. The number of carbonyl (C=O) groups excluding carboxylic acids is 1. The molecule has 2 aliphatic rings. The van der Waals surface area contributed by atoms with Crippen molar-refractivity contribution in [3.63, 3.8) is 0 Å². The summed E-state index contributed by atoms with van der Waals surface area (Å²) in [6.45, 7) is 6.35. The quantitative estimate of drug-likeness (QED) is 0.756. The molecule has 1 amide bonds. The maximum Gasteiger partial charge on any atom is 0.221 e. The summed E-state index contributed by atoms with van der Waals surface area (Å²) < 4.78 is 0. The van der Waals surface area contributed by atoms with E-state index in [0.717, 1.165) is 34.6 Å². The molecule has 2 aromatic rings. The molecule has 28 heavy (non-hydrogen) atoms. The summed E-state index contributed by atoms with van der Waals surface area (Å²) in [7, 11) is 0. The fraction of sp³-hybridized carbons (Fsp3) is 0.318. The third-order valence-electron chi connectivity index (χ3n) is 5.52. The summed E-state index contributed by atoms with van der Waals surface area (Å²) in [5, 5.41) is 10.7. The number of nitrogens with two attached hydrogens (primary N) is 1. The Morgan fingerprint density at radius 2 is 2.25 bits per heavy atom. The van der Waals surface area contributed by atoms with Gasteiger partial charge in [-0.2, -0.15) is 0 Å². The Balaban J connectivity index is 1.83. The first-order valence-corrected chi connectivity index (χ1v) is 9.48. The summed E-state index contributed by atoms with van der Waals surface area (Å²) in [4.78, 5) is 22.9. The van der Waals surface area contributed by atoms with Gasteiger partial charge >= 0.3 is 0 Å². The van der Waals surface area contributed by atoms with E-state index in [0.29, 0.717) is 18.7 Å². The van der Waals surface area contributed by atoms with Crippen LogP contribution in [0.5, 0.6) is 0 Å². The molecule has 1 saturated carbocycles. The highest BCUT2D eigenvalue weighted by molar-refractivity contribution is 5.82. The maximum absolute atomic E-state index is 11.7. The number of allylic oxidation sites excluding steroid dienone is 1. The normalized spacial score (nSPS) is 21.5. The average molecular weight is 376 g/mol. The fourth-order valence-corrected chi connectivity index (χ4v) is 3.98. The molecule has 2 aromatic heterocycles. The molecule has 1 aliphatic heterocycles. The molecule has 1 aliphatic carbocycles. The molecule has 0 aromatic carbocycles. The summed E-state index contributed by atoms with van der Waals surface area (Å²) in [6, 6.07) is 5.91. The Morgan fingerprint density at radius 1 is 1.43 bits per heavy atom. The number of aromatic nitrogens is 2. The minimum Gasteiger partial charge on any atom is -0.386 e. The number of aliphatic hydroxyl groups is 1. The number of primary amides is 1. The Labute approximate surface area is 164 Å². The molecule has 6 heteroatoms. The van der Waals surface area contributed by atoms with Crippen LogP contribution in [0.1, 0.15) is 41.5 Å². The number of nitrogens with zero attached hydrogens (tertiary/aromatic N) is 3. The fourth-order valence-electron chi connectivity index (χ4n) is 3.98. The van der Waals surface area contributed by atoms with Gasteiger partial charge in [0.2, 0.25) is 5.91 Å². The number of amides is 1. The molecular formula is C22H24N4O2. The summed E-state index contributed by atoms with van der Waals surface area (Å²) >= 11 is 0. The number of hydrogen-bond acceptors (Lipinski definition) is 5. The number of anilines is 1. The number of fused-ring (bicyclic) bond motifs is 1. The van der Waals surface area contributed by atoms with Crippen LogP contribution in [0.3, 0.4) is 0 Å². The van der Waals surface area contributed by atoms with Crippen LogP contribution in [0.4, 0.5) is 5.69 Å².